The van der Waals surface area contributed by atoms with E-state index >= 15 is 0 Å². The van der Waals surface area contributed by atoms with Crippen molar-refractivity contribution in [2.75, 3.05) is 32.2 Å². The molecule has 7 heteroatoms. The predicted octanol–water partition coefficient (Wildman–Crippen LogP) is 1.49. The Morgan fingerprint density at radius 1 is 1.42 bits per heavy atom. The van der Waals surface area contributed by atoms with E-state index in [1.807, 2.05) is 6.26 Å². The van der Waals surface area contributed by atoms with Gasteiger partial charge < -0.3 is 4.74 Å². The Morgan fingerprint density at radius 3 is 2.79 bits per heavy atom. The monoisotopic (exact) mass is 309 g/mol. The summed E-state index contributed by atoms with van der Waals surface area (Å²) in [5, 5.41) is 0.387. The van der Waals surface area contributed by atoms with Crippen molar-refractivity contribution in [2.24, 2.45) is 0 Å². The molecule has 1 heterocycles. The number of ether oxygens (including phenoxy) is 1. The second-order valence-electron chi connectivity index (χ2n) is 4.71. The number of methoxy groups -OCH3 is 1. The first-order valence-electron chi connectivity index (χ1n) is 6.57. The van der Waals surface area contributed by atoms with Gasteiger partial charge >= 0.3 is 5.97 Å². The second kappa shape index (κ2) is 8.11. The quantitative estimate of drug-likeness (QED) is 0.696. The summed E-state index contributed by atoms with van der Waals surface area (Å²) < 4.78 is 30.6. The summed E-state index contributed by atoms with van der Waals surface area (Å²) in [5.74, 6) is -0.323. The van der Waals surface area contributed by atoms with Crippen LogP contribution in [0.1, 0.15) is 32.1 Å². The van der Waals surface area contributed by atoms with Gasteiger partial charge in [-0.1, -0.05) is 6.42 Å². The fraction of sp³-hybridized carbons (Fsp3) is 0.917. The maximum Gasteiger partial charge on any atom is 0.305 e. The van der Waals surface area contributed by atoms with Crippen molar-refractivity contribution < 1.29 is 17.9 Å². The van der Waals surface area contributed by atoms with Gasteiger partial charge in [-0.3, -0.25) is 4.79 Å². The second-order valence-corrected chi connectivity index (χ2v) is 7.93. The zero-order valence-corrected chi connectivity index (χ0v) is 13.3. The molecule has 0 unspecified atom stereocenters. The minimum atomic E-state index is -3.24. The topological polar surface area (TPSA) is 63.7 Å². The van der Waals surface area contributed by atoms with Crippen LogP contribution in [-0.2, 0) is 19.6 Å². The molecule has 112 valence electrons. The van der Waals surface area contributed by atoms with E-state index in [1.54, 1.807) is 16.1 Å². The molecule has 1 aliphatic rings. The summed E-state index contributed by atoms with van der Waals surface area (Å²) >= 11 is 1.73. The number of hydrogen-bond acceptors (Lipinski definition) is 5. The molecule has 5 nitrogen and oxygen atoms in total. The number of sulfonamides is 1. The Balaban J connectivity index is 2.52. The predicted molar refractivity (Wildman–Crippen MR) is 77.8 cm³/mol. The lowest BCUT2D eigenvalue weighted by molar-refractivity contribution is -0.140. The zero-order valence-electron chi connectivity index (χ0n) is 11.6. The van der Waals surface area contributed by atoms with E-state index in [0.29, 0.717) is 24.8 Å². The van der Waals surface area contributed by atoms with Crippen LogP contribution in [0, 0.1) is 0 Å². The van der Waals surface area contributed by atoms with Gasteiger partial charge in [0.05, 0.1) is 12.9 Å². The molecule has 0 saturated carbocycles. The Hall–Kier alpha value is -0.270. The molecule has 0 N–H and O–H groups in total. The van der Waals surface area contributed by atoms with Crippen LogP contribution >= 0.6 is 11.8 Å². The highest BCUT2D eigenvalue weighted by Crippen LogP contribution is 2.22. The highest BCUT2D eigenvalue weighted by Gasteiger charge is 2.26. The van der Waals surface area contributed by atoms with Gasteiger partial charge in [0.2, 0.25) is 10.0 Å². The number of thioether (sulfide) groups is 1. The summed E-state index contributed by atoms with van der Waals surface area (Å²) in [7, 11) is -1.93. The Labute approximate surface area is 120 Å². The van der Waals surface area contributed by atoms with E-state index in [-0.39, 0.29) is 18.1 Å². The summed E-state index contributed by atoms with van der Waals surface area (Å²) in [6.45, 7) is 1.21. The first-order valence-corrected chi connectivity index (χ1v) is 9.46. The largest absolute Gasteiger partial charge is 0.469 e. The van der Waals surface area contributed by atoms with Crippen molar-refractivity contribution in [2.45, 2.75) is 37.4 Å². The molecule has 1 atom stereocenters. The molecule has 1 saturated heterocycles. The van der Waals surface area contributed by atoms with Gasteiger partial charge in [-0.25, -0.2) is 12.7 Å². The molecule has 1 fully saturated rings. The van der Waals surface area contributed by atoms with Crippen LogP contribution in [0.25, 0.3) is 0 Å². The number of hydrogen-bond donors (Lipinski definition) is 0. The first kappa shape index (κ1) is 16.8. The zero-order chi connectivity index (χ0) is 14.3. The van der Waals surface area contributed by atoms with Gasteiger partial charge in [-0.15, -0.1) is 0 Å². The van der Waals surface area contributed by atoms with E-state index in [1.165, 1.54) is 7.11 Å². The molecular weight excluding hydrogens is 286 g/mol. The smallest absolute Gasteiger partial charge is 0.305 e. The third-order valence-corrected chi connectivity index (χ3v) is 6.30. The molecule has 1 aliphatic heterocycles. The molecule has 0 radical (unpaired) electrons. The molecule has 0 aromatic rings. The number of nitrogens with zero attached hydrogens (tertiary/aromatic N) is 1. The average molecular weight is 309 g/mol. The lowest BCUT2D eigenvalue weighted by Crippen LogP contribution is -2.37. The molecule has 0 aliphatic carbocycles. The van der Waals surface area contributed by atoms with Crippen LogP contribution in [0.3, 0.4) is 0 Å². The van der Waals surface area contributed by atoms with Crippen molar-refractivity contribution in [3.05, 3.63) is 0 Å². The molecule has 0 aromatic carbocycles. The van der Waals surface area contributed by atoms with Crippen molar-refractivity contribution in [3.8, 4) is 0 Å². The van der Waals surface area contributed by atoms with Crippen LogP contribution in [0.2, 0.25) is 0 Å². The summed E-state index contributed by atoms with van der Waals surface area (Å²) in [4.78, 5) is 11.0. The number of esters is 1. The molecule has 0 bridgehead atoms. The SMILES string of the molecule is COC(=O)CCCS(=O)(=O)N1CCCC[C@H](SC)C1. The minimum absolute atomic E-state index is 0.0310. The normalized spacial score (nSPS) is 21.9. The summed E-state index contributed by atoms with van der Waals surface area (Å²) in [6.07, 6.45) is 5.60. The fourth-order valence-corrected chi connectivity index (χ4v) is 4.55. The van der Waals surface area contributed by atoms with Crippen molar-refractivity contribution in [3.63, 3.8) is 0 Å². The lowest BCUT2D eigenvalue weighted by atomic mass is 10.2. The average Bonchev–Trinajstić information content (AvgIpc) is 2.64. The van der Waals surface area contributed by atoms with E-state index in [4.69, 9.17) is 0 Å². The van der Waals surface area contributed by atoms with E-state index in [2.05, 4.69) is 4.74 Å². The summed E-state index contributed by atoms with van der Waals surface area (Å²) in [6, 6.07) is 0. The standard InChI is InChI=1S/C12H23NO4S2/c1-17-12(14)7-5-9-19(15,16)13-8-4-3-6-11(10-13)18-2/h11H,3-10H2,1-2H3/t11-/m0/s1. The Morgan fingerprint density at radius 2 is 2.16 bits per heavy atom. The van der Waals surface area contributed by atoms with Crippen LogP contribution in [0.5, 0.6) is 0 Å². The Kier molecular flexibility index (Phi) is 7.17. The van der Waals surface area contributed by atoms with Crippen LogP contribution in [-0.4, -0.2) is 56.2 Å². The molecular formula is C12H23NO4S2. The summed E-state index contributed by atoms with van der Waals surface area (Å²) in [5.41, 5.74) is 0. The maximum absolute atomic E-state index is 12.2. The molecule has 0 spiro atoms. The van der Waals surface area contributed by atoms with E-state index in [9.17, 15) is 13.2 Å². The third-order valence-electron chi connectivity index (χ3n) is 3.33. The molecule has 0 amide bonds. The maximum atomic E-state index is 12.2. The number of carbonyl (C=O) groups excluding carboxylic acids is 1. The van der Waals surface area contributed by atoms with Gasteiger partial charge in [-0.05, 0) is 25.5 Å². The van der Waals surface area contributed by atoms with Crippen LogP contribution in [0.15, 0.2) is 0 Å². The van der Waals surface area contributed by atoms with Crippen LogP contribution in [0.4, 0.5) is 0 Å². The highest BCUT2D eigenvalue weighted by molar-refractivity contribution is 7.99. The molecule has 19 heavy (non-hydrogen) atoms. The van der Waals surface area contributed by atoms with E-state index < -0.39 is 10.0 Å². The molecule has 0 aromatic heterocycles. The number of carbonyl (C=O) groups is 1. The lowest BCUT2D eigenvalue weighted by Gasteiger charge is -2.22. The van der Waals surface area contributed by atoms with Gasteiger partial charge in [0.1, 0.15) is 0 Å². The number of rotatable bonds is 6. The fourth-order valence-electron chi connectivity index (χ4n) is 2.14. The van der Waals surface area contributed by atoms with Crippen molar-refractivity contribution in [1.29, 1.82) is 0 Å². The van der Waals surface area contributed by atoms with Gasteiger partial charge in [-0.2, -0.15) is 11.8 Å². The van der Waals surface area contributed by atoms with Crippen molar-refractivity contribution >= 4 is 27.8 Å². The van der Waals surface area contributed by atoms with Gasteiger partial charge in [0.25, 0.3) is 0 Å². The van der Waals surface area contributed by atoms with E-state index in [0.717, 1.165) is 19.3 Å². The highest BCUT2D eigenvalue weighted by atomic mass is 32.2. The first-order chi connectivity index (χ1) is 8.99. The van der Waals surface area contributed by atoms with Gasteiger partial charge in [0, 0.05) is 24.8 Å². The van der Waals surface area contributed by atoms with Crippen LogP contribution < -0.4 is 0 Å². The third kappa shape index (κ3) is 5.71. The van der Waals surface area contributed by atoms with Gasteiger partial charge in [0.15, 0.2) is 0 Å². The van der Waals surface area contributed by atoms with Crippen molar-refractivity contribution in [1.82, 2.24) is 4.31 Å². The molecule has 1 rings (SSSR count). The Bertz CT molecular complexity index is 383. The minimum Gasteiger partial charge on any atom is -0.469 e.